The molecule has 3 rings (SSSR count). The van der Waals surface area contributed by atoms with Crippen molar-refractivity contribution in [2.45, 2.75) is 19.0 Å². The fourth-order valence-electron chi connectivity index (χ4n) is 2.98. The third-order valence-electron chi connectivity index (χ3n) is 4.26. The van der Waals surface area contributed by atoms with E-state index in [9.17, 15) is 4.39 Å². The molecule has 1 aliphatic rings. The molecule has 3 nitrogen and oxygen atoms in total. The summed E-state index contributed by atoms with van der Waals surface area (Å²) in [7, 11) is 2.15. The molecule has 116 valence electrons. The SMILES string of the molecule is CN(Cc1ccc(F)cc1)[C@H]1CCN(c2ccnc([AsH2])c2)C1. The number of hydrogen-bond acceptors (Lipinski definition) is 3. The normalized spacial score (nSPS) is 18.2. The Labute approximate surface area is 139 Å². The maximum absolute atomic E-state index is 13.0. The zero-order valence-electron chi connectivity index (χ0n) is 12.7. The number of halogens is 1. The van der Waals surface area contributed by atoms with Crippen LogP contribution in [0.25, 0.3) is 0 Å². The third-order valence-corrected chi connectivity index (χ3v) is 4.92. The maximum atomic E-state index is 13.0. The zero-order chi connectivity index (χ0) is 15.5. The number of nitrogens with zero attached hydrogens (tertiary/aromatic N) is 3. The molecule has 1 aromatic carbocycles. The first-order chi connectivity index (χ1) is 10.6. The van der Waals surface area contributed by atoms with Gasteiger partial charge in [-0.2, -0.15) is 0 Å². The summed E-state index contributed by atoms with van der Waals surface area (Å²) in [6, 6.07) is 11.6. The van der Waals surface area contributed by atoms with Crippen molar-refractivity contribution in [3.8, 4) is 0 Å². The Balaban J connectivity index is 1.61. The molecular weight excluding hydrogens is 340 g/mol. The summed E-state index contributed by atoms with van der Waals surface area (Å²) in [5.41, 5.74) is 2.43. The van der Waals surface area contributed by atoms with E-state index in [-0.39, 0.29) is 5.82 Å². The van der Waals surface area contributed by atoms with Crippen LogP contribution in [0.2, 0.25) is 0 Å². The monoisotopic (exact) mass is 361 g/mol. The van der Waals surface area contributed by atoms with Crippen molar-refractivity contribution in [1.29, 1.82) is 0 Å². The summed E-state index contributed by atoms with van der Waals surface area (Å²) in [5.74, 6) is -0.173. The van der Waals surface area contributed by atoms with Gasteiger partial charge in [0.1, 0.15) is 0 Å². The molecule has 1 saturated heterocycles. The molecule has 0 bridgehead atoms. The van der Waals surface area contributed by atoms with E-state index in [0.717, 1.165) is 36.1 Å². The van der Waals surface area contributed by atoms with Crippen LogP contribution in [0, 0.1) is 5.82 Å². The van der Waals surface area contributed by atoms with E-state index >= 15 is 0 Å². The Hall–Kier alpha value is -1.38. The summed E-state index contributed by atoms with van der Waals surface area (Å²) in [4.78, 5) is 9.08. The fraction of sp³-hybridized carbons (Fsp3) is 0.353. The number of pyridine rings is 1. The minimum absolute atomic E-state index is 0.173. The molecular formula is C17H21AsFN3. The Kier molecular flexibility index (Phi) is 4.80. The van der Waals surface area contributed by atoms with Crippen molar-refractivity contribution in [2.75, 3.05) is 25.0 Å². The second kappa shape index (κ2) is 6.80. The van der Waals surface area contributed by atoms with Crippen molar-refractivity contribution < 1.29 is 4.39 Å². The summed E-state index contributed by atoms with van der Waals surface area (Å²) in [6.45, 7) is 2.97. The number of likely N-dealkylation sites (N-methyl/N-ethyl adjacent to an activating group) is 1. The van der Waals surface area contributed by atoms with Crippen LogP contribution in [0.1, 0.15) is 12.0 Å². The number of hydrogen-bond donors (Lipinski definition) is 0. The predicted molar refractivity (Wildman–Crippen MR) is 90.9 cm³/mol. The van der Waals surface area contributed by atoms with E-state index in [2.05, 4.69) is 34.0 Å². The molecule has 5 heteroatoms. The topological polar surface area (TPSA) is 19.4 Å². The molecule has 22 heavy (non-hydrogen) atoms. The van der Waals surface area contributed by atoms with Crippen LogP contribution < -0.4 is 9.38 Å². The molecule has 1 aromatic heterocycles. The molecule has 1 aliphatic heterocycles. The van der Waals surface area contributed by atoms with Crippen LogP contribution in [0.4, 0.5) is 10.1 Å². The van der Waals surface area contributed by atoms with Gasteiger partial charge in [0.2, 0.25) is 0 Å². The van der Waals surface area contributed by atoms with Gasteiger partial charge in [0, 0.05) is 0 Å². The van der Waals surface area contributed by atoms with E-state index in [1.54, 1.807) is 16.9 Å². The number of aromatic nitrogens is 1. The van der Waals surface area contributed by atoms with E-state index in [1.807, 2.05) is 18.3 Å². The van der Waals surface area contributed by atoms with Gasteiger partial charge in [-0.3, -0.25) is 0 Å². The summed E-state index contributed by atoms with van der Waals surface area (Å²) in [5, 5.41) is 0. The van der Waals surface area contributed by atoms with Gasteiger partial charge in [-0.1, -0.05) is 0 Å². The molecule has 0 radical (unpaired) electrons. The number of anilines is 1. The molecule has 0 saturated carbocycles. The second-order valence-corrected chi connectivity index (χ2v) is 7.11. The second-order valence-electron chi connectivity index (χ2n) is 5.87. The quantitative estimate of drug-likeness (QED) is 0.763. The average Bonchev–Trinajstić information content (AvgIpc) is 3.00. The van der Waals surface area contributed by atoms with Crippen LogP contribution in [0.15, 0.2) is 42.6 Å². The molecule has 2 atom stereocenters. The van der Waals surface area contributed by atoms with Gasteiger partial charge in [0.15, 0.2) is 0 Å². The van der Waals surface area contributed by atoms with Crippen LogP contribution >= 0.6 is 0 Å². The molecule has 1 fully saturated rings. The Morgan fingerprint density at radius 1 is 1.32 bits per heavy atom. The van der Waals surface area contributed by atoms with Gasteiger partial charge in [-0.05, 0) is 0 Å². The Bertz CT molecular complexity index is 632. The molecule has 0 amide bonds. The van der Waals surface area contributed by atoms with Crippen molar-refractivity contribution in [2.24, 2.45) is 0 Å². The van der Waals surface area contributed by atoms with Crippen LogP contribution in [0.5, 0.6) is 0 Å². The number of benzene rings is 1. The van der Waals surface area contributed by atoms with E-state index in [1.165, 1.54) is 17.8 Å². The molecule has 1 unspecified atom stereocenters. The van der Waals surface area contributed by atoms with Crippen LogP contribution in [-0.4, -0.2) is 52.9 Å². The first kappa shape index (κ1) is 15.5. The first-order valence-electron chi connectivity index (χ1n) is 7.53. The summed E-state index contributed by atoms with van der Waals surface area (Å²) in [6.07, 6.45) is 3.05. The summed E-state index contributed by atoms with van der Waals surface area (Å²) >= 11 is 1.56. The molecule has 0 spiro atoms. The van der Waals surface area contributed by atoms with Crippen LogP contribution in [-0.2, 0) is 6.54 Å². The van der Waals surface area contributed by atoms with Gasteiger partial charge >= 0.3 is 135 Å². The van der Waals surface area contributed by atoms with E-state index in [4.69, 9.17) is 0 Å². The van der Waals surface area contributed by atoms with Crippen molar-refractivity contribution >= 4 is 27.0 Å². The van der Waals surface area contributed by atoms with Gasteiger partial charge in [-0.25, -0.2) is 4.39 Å². The summed E-state index contributed by atoms with van der Waals surface area (Å²) < 4.78 is 14.1. The third kappa shape index (κ3) is 3.68. The first-order valence-corrected chi connectivity index (χ1v) is 8.74. The fourth-order valence-corrected chi connectivity index (χ4v) is 3.52. The minimum atomic E-state index is -0.173. The standard InChI is InChI=1S/C17H21AsFN3/c1-21(11-13-2-4-14(19)5-3-13)16-7-9-22(12-16)15-6-8-20-17(18)10-15/h2-6,8,10,16H,7,9,11-12,18H2,1H3/t16-/m0/s1. The van der Waals surface area contributed by atoms with E-state index < -0.39 is 0 Å². The van der Waals surface area contributed by atoms with Crippen LogP contribution in [0.3, 0.4) is 0 Å². The molecule has 0 aliphatic carbocycles. The van der Waals surface area contributed by atoms with Gasteiger partial charge < -0.3 is 0 Å². The van der Waals surface area contributed by atoms with Gasteiger partial charge in [0.25, 0.3) is 0 Å². The van der Waals surface area contributed by atoms with Crippen molar-refractivity contribution in [3.63, 3.8) is 0 Å². The Morgan fingerprint density at radius 2 is 2.09 bits per heavy atom. The molecule has 2 aromatic rings. The molecule has 0 N–H and O–H groups in total. The zero-order valence-corrected chi connectivity index (χ0v) is 15.2. The Morgan fingerprint density at radius 3 is 2.82 bits per heavy atom. The average molecular weight is 361 g/mol. The van der Waals surface area contributed by atoms with Gasteiger partial charge in [0.05, 0.1) is 0 Å². The van der Waals surface area contributed by atoms with Gasteiger partial charge in [-0.15, -0.1) is 0 Å². The predicted octanol–water partition coefficient (Wildman–Crippen LogP) is 1.19. The van der Waals surface area contributed by atoms with E-state index in [0.29, 0.717) is 6.04 Å². The van der Waals surface area contributed by atoms with Crippen molar-refractivity contribution in [3.05, 3.63) is 54.0 Å². The number of rotatable bonds is 4. The van der Waals surface area contributed by atoms with Crippen molar-refractivity contribution in [1.82, 2.24) is 9.88 Å². The molecule has 2 heterocycles.